The SMILES string of the molecule is COc1ccc(OCCCn2cc(/C=C3/C(=N)N4OC(C)=CC4=NC3=O)c3ccccc32)cc1. The monoisotopic (exact) mass is 456 g/mol. The van der Waals surface area contributed by atoms with Crippen LogP contribution in [0.2, 0.25) is 0 Å². The second-order valence-electron chi connectivity index (χ2n) is 7.99. The minimum Gasteiger partial charge on any atom is -0.497 e. The first-order valence-corrected chi connectivity index (χ1v) is 11.0. The molecule has 2 aromatic carbocycles. The van der Waals surface area contributed by atoms with Crippen LogP contribution in [-0.2, 0) is 16.2 Å². The Morgan fingerprint density at radius 3 is 2.68 bits per heavy atom. The van der Waals surface area contributed by atoms with Crippen LogP contribution in [-0.4, -0.2) is 40.9 Å². The molecule has 1 N–H and O–H groups in total. The molecule has 0 aliphatic carbocycles. The van der Waals surface area contributed by atoms with E-state index in [0.717, 1.165) is 40.9 Å². The lowest BCUT2D eigenvalue weighted by molar-refractivity contribution is -0.114. The number of carbonyl (C=O) groups excluding carboxylic acids is 1. The summed E-state index contributed by atoms with van der Waals surface area (Å²) in [7, 11) is 1.64. The number of nitrogens with one attached hydrogen (secondary N) is 1. The number of amidine groups is 2. The molecule has 0 saturated carbocycles. The van der Waals surface area contributed by atoms with Crippen LogP contribution in [0.15, 0.2) is 77.1 Å². The number of rotatable bonds is 7. The minimum absolute atomic E-state index is 0.0205. The van der Waals surface area contributed by atoms with E-state index in [1.807, 2.05) is 54.7 Å². The number of carbonyl (C=O) groups is 1. The summed E-state index contributed by atoms with van der Waals surface area (Å²) in [5.74, 6) is 2.05. The van der Waals surface area contributed by atoms with Crippen molar-refractivity contribution in [2.45, 2.75) is 19.9 Å². The van der Waals surface area contributed by atoms with E-state index in [4.69, 9.17) is 19.7 Å². The van der Waals surface area contributed by atoms with Gasteiger partial charge in [0, 0.05) is 35.3 Å². The van der Waals surface area contributed by atoms with Crippen LogP contribution in [0.4, 0.5) is 0 Å². The lowest BCUT2D eigenvalue weighted by Crippen LogP contribution is -2.38. The zero-order valence-corrected chi connectivity index (χ0v) is 18.9. The van der Waals surface area contributed by atoms with Gasteiger partial charge in [-0.2, -0.15) is 4.99 Å². The van der Waals surface area contributed by atoms with Crippen molar-refractivity contribution in [3.8, 4) is 11.5 Å². The fraction of sp³-hybridized carbons (Fsp3) is 0.192. The van der Waals surface area contributed by atoms with Gasteiger partial charge in [0.2, 0.25) is 0 Å². The molecule has 5 rings (SSSR count). The van der Waals surface area contributed by atoms with E-state index in [1.54, 1.807) is 26.2 Å². The molecule has 0 fully saturated rings. The van der Waals surface area contributed by atoms with Gasteiger partial charge in [-0.1, -0.05) is 18.2 Å². The Balaban J connectivity index is 1.34. The molecule has 172 valence electrons. The molecule has 3 aromatic rings. The number of aromatic nitrogens is 1. The molecule has 0 spiro atoms. The number of fused-ring (bicyclic) bond motifs is 2. The fourth-order valence-corrected chi connectivity index (χ4v) is 4.03. The molecule has 0 radical (unpaired) electrons. The van der Waals surface area contributed by atoms with Gasteiger partial charge in [-0.25, -0.2) is 0 Å². The topological polar surface area (TPSA) is 89.1 Å². The summed E-state index contributed by atoms with van der Waals surface area (Å²) < 4.78 is 13.2. The lowest BCUT2D eigenvalue weighted by Gasteiger charge is -2.22. The van der Waals surface area contributed by atoms with Crippen LogP contribution in [0.3, 0.4) is 0 Å². The summed E-state index contributed by atoms with van der Waals surface area (Å²) in [6.07, 6.45) is 6.16. The highest BCUT2D eigenvalue weighted by Crippen LogP contribution is 2.28. The molecule has 34 heavy (non-hydrogen) atoms. The second kappa shape index (κ2) is 8.90. The highest BCUT2D eigenvalue weighted by molar-refractivity contribution is 6.32. The highest BCUT2D eigenvalue weighted by atomic mass is 16.7. The Morgan fingerprint density at radius 2 is 1.88 bits per heavy atom. The number of hydrogen-bond acceptors (Lipinski definition) is 5. The molecule has 0 unspecified atom stereocenters. The second-order valence-corrected chi connectivity index (χ2v) is 7.99. The fourth-order valence-electron chi connectivity index (χ4n) is 4.03. The first kappa shape index (κ1) is 21.5. The Morgan fingerprint density at radius 1 is 1.12 bits per heavy atom. The molecule has 2 aliphatic heterocycles. The van der Waals surface area contributed by atoms with Gasteiger partial charge in [0.1, 0.15) is 17.3 Å². The molecular weight excluding hydrogens is 432 g/mol. The van der Waals surface area contributed by atoms with Crippen molar-refractivity contribution in [1.82, 2.24) is 9.63 Å². The number of para-hydroxylation sites is 1. The summed E-state index contributed by atoms with van der Waals surface area (Å²) >= 11 is 0. The molecule has 1 amide bonds. The number of aryl methyl sites for hydroxylation is 1. The van der Waals surface area contributed by atoms with Crippen molar-refractivity contribution < 1.29 is 19.1 Å². The van der Waals surface area contributed by atoms with E-state index in [2.05, 4.69) is 9.56 Å². The smallest absolute Gasteiger partial charge is 0.282 e. The lowest BCUT2D eigenvalue weighted by atomic mass is 10.1. The van der Waals surface area contributed by atoms with E-state index in [1.165, 1.54) is 5.06 Å². The number of hydroxylamine groups is 2. The van der Waals surface area contributed by atoms with Crippen molar-refractivity contribution in [3.05, 3.63) is 77.7 Å². The molecule has 0 atom stereocenters. The largest absolute Gasteiger partial charge is 0.497 e. The Labute approximate surface area is 196 Å². The van der Waals surface area contributed by atoms with E-state index < -0.39 is 5.91 Å². The summed E-state index contributed by atoms with van der Waals surface area (Å²) in [4.78, 5) is 22.2. The normalized spacial score (nSPS) is 16.4. The third-order valence-corrected chi connectivity index (χ3v) is 5.67. The van der Waals surface area contributed by atoms with Crippen LogP contribution in [0.25, 0.3) is 17.0 Å². The molecular formula is C26H24N4O4. The van der Waals surface area contributed by atoms with Crippen LogP contribution >= 0.6 is 0 Å². The molecule has 1 aromatic heterocycles. The van der Waals surface area contributed by atoms with Crippen LogP contribution in [0, 0.1) is 5.41 Å². The highest BCUT2D eigenvalue weighted by Gasteiger charge is 2.34. The zero-order valence-electron chi connectivity index (χ0n) is 18.9. The van der Waals surface area contributed by atoms with Crippen LogP contribution in [0.5, 0.6) is 11.5 Å². The number of allylic oxidation sites excluding steroid dienone is 1. The predicted octanol–water partition coefficient (Wildman–Crippen LogP) is 4.57. The maximum Gasteiger partial charge on any atom is 0.282 e. The van der Waals surface area contributed by atoms with Gasteiger partial charge in [-0.3, -0.25) is 10.2 Å². The molecule has 8 nitrogen and oxygen atoms in total. The minimum atomic E-state index is -0.449. The number of aliphatic imine (C=N–C) groups is 1. The van der Waals surface area contributed by atoms with Gasteiger partial charge in [0.15, 0.2) is 11.7 Å². The molecule has 0 bridgehead atoms. The maximum atomic E-state index is 12.6. The number of amides is 1. The maximum absolute atomic E-state index is 12.6. The Kier molecular flexibility index (Phi) is 5.63. The standard InChI is InChI=1S/C26H24N4O4/c1-17-14-24-28-26(31)22(25(27)30(24)34-17)15-18-16-29(23-7-4-3-6-21(18)23)12-5-13-33-20-10-8-19(32-2)9-11-20/h3-4,6-11,14-16,27H,5,12-13H2,1-2H3/b22-15-,27-25?. The van der Waals surface area contributed by atoms with Crippen molar-refractivity contribution in [1.29, 1.82) is 5.41 Å². The van der Waals surface area contributed by atoms with Crippen molar-refractivity contribution in [2.75, 3.05) is 13.7 Å². The third kappa shape index (κ3) is 4.05. The number of hydrogen-bond donors (Lipinski definition) is 1. The molecule has 3 heterocycles. The zero-order chi connectivity index (χ0) is 23.7. The van der Waals surface area contributed by atoms with E-state index >= 15 is 0 Å². The van der Waals surface area contributed by atoms with Gasteiger partial charge in [0.25, 0.3) is 5.91 Å². The summed E-state index contributed by atoms with van der Waals surface area (Å²) in [6.45, 7) is 3.06. The summed E-state index contributed by atoms with van der Waals surface area (Å²) in [5, 5.41) is 10.7. The van der Waals surface area contributed by atoms with Gasteiger partial charge >= 0.3 is 0 Å². The van der Waals surface area contributed by atoms with Crippen molar-refractivity contribution in [2.24, 2.45) is 4.99 Å². The van der Waals surface area contributed by atoms with Gasteiger partial charge in [-0.05, 0) is 49.8 Å². The average molecular weight is 457 g/mol. The number of benzene rings is 2. The van der Waals surface area contributed by atoms with Gasteiger partial charge in [0.05, 0.1) is 19.3 Å². The Bertz CT molecular complexity index is 1370. The van der Waals surface area contributed by atoms with Crippen molar-refractivity contribution in [3.63, 3.8) is 0 Å². The first-order chi connectivity index (χ1) is 16.5. The third-order valence-electron chi connectivity index (χ3n) is 5.67. The Hall–Kier alpha value is -4.33. The summed E-state index contributed by atoms with van der Waals surface area (Å²) in [5.41, 5.74) is 2.09. The first-order valence-electron chi connectivity index (χ1n) is 11.0. The number of methoxy groups -OCH3 is 1. The summed E-state index contributed by atoms with van der Waals surface area (Å²) in [6, 6.07) is 15.5. The van der Waals surface area contributed by atoms with Gasteiger partial charge < -0.3 is 18.9 Å². The number of nitrogens with zero attached hydrogens (tertiary/aromatic N) is 3. The number of ether oxygens (including phenoxy) is 2. The van der Waals surface area contributed by atoms with E-state index in [-0.39, 0.29) is 11.4 Å². The molecule has 2 aliphatic rings. The van der Waals surface area contributed by atoms with Crippen LogP contribution in [0.1, 0.15) is 18.9 Å². The molecule has 0 saturated heterocycles. The van der Waals surface area contributed by atoms with Crippen LogP contribution < -0.4 is 9.47 Å². The van der Waals surface area contributed by atoms with E-state index in [9.17, 15) is 4.79 Å². The predicted molar refractivity (Wildman–Crippen MR) is 130 cm³/mol. The molecule has 8 heteroatoms. The van der Waals surface area contributed by atoms with Gasteiger partial charge in [-0.15, -0.1) is 5.06 Å². The quantitative estimate of drug-likeness (QED) is 0.416. The average Bonchev–Trinajstić information content (AvgIpc) is 3.39. The van der Waals surface area contributed by atoms with Crippen molar-refractivity contribution >= 4 is 34.6 Å². The van der Waals surface area contributed by atoms with E-state index in [0.29, 0.717) is 18.2 Å².